The first-order valence-corrected chi connectivity index (χ1v) is 5.06. The fraction of sp³-hybridized carbons (Fsp3) is 0.417. The molecule has 0 aromatic heterocycles. The highest BCUT2D eigenvalue weighted by Crippen LogP contribution is 2.01. The lowest BCUT2D eigenvalue weighted by atomic mass is 10.2. The summed E-state index contributed by atoms with van der Waals surface area (Å²) < 4.78 is 5.08. The van der Waals surface area contributed by atoms with Gasteiger partial charge in [-0.1, -0.05) is 30.3 Å². The van der Waals surface area contributed by atoms with Crippen LogP contribution in [-0.2, 0) is 16.1 Å². The van der Waals surface area contributed by atoms with Crippen LogP contribution in [0.1, 0.15) is 12.5 Å². The van der Waals surface area contributed by atoms with E-state index in [0.717, 1.165) is 12.7 Å². The lowest BCUT2D eigenvalue weighted by Crippen LogP contribution is -2.32. The highest BCUT2D eigenvalue weighted by molar-refractivity contribution is 5.75. The van der Waals surface area contributed by atoms with Gasteiger partial charge in [0.1, 0.15) is 12.6 Å². The van der Waals surface area contributed by atoms with E-state index in [9.17, 15) is 4.79 Å². The SMILES string of the molecule is CNC(C)C(=O)OCc1ccccc1.CO. The number of esters is 1. The van der Waals surface area contributed by atoms with Gasteiger partial charge in [0, 0.05) is 7.11 Å². The quantitative estimate of drug-likeness (QED) is 0.749. The van der Waals surface area contributed by atoms with E-state index < -0.39 is 0 Å². The fourth-order valence-electron chi connectivity index (χ4n) is 0.972. The summed E-state index contributed by atoms with van der Waals surface area (Å²) in [5.74, 6) is -0.226. The monoisotopic (exact) mass is 225 g/mol. The van der Waals surface area contributed by atoms with Crippen molar-refractivity contribution in [3.63, 3.8) is 0 Å². The van der Waals surface area contributed by atoms with Crippen molar-refractivity contribution in [2.75, 3.05) is 14.2 Å². The van der Waals surface area contributed by atoms with Gasteiger partial charge in [-0.25, -0.2) is 0 Å². The Kier molecular flexibility index (Phi) is 8.11. The third kappa shape index (κ3) is 5.48. The second-order valence-corrected chi connectivity index (χ2v) is 3.10. The van der Waals surface area contributed by atoms with Crippen LogP contribution in [0.25, 0.3) is 0 Å². The average molecular weight is 225 g/mol. The third-order valence-corrected chi connectivity index (χ3v) is 2.01. The molecular formula is C12H19NO3. The van der Waals surface area contributed by atoms with Crippen molar-refractivity contribution in [2.24, 2.45) is 0 Å². The second kappa shape index (κ2) is 8.88. The maximum absolute atomic E-state index is 11.3. The van der Waals surface area contributed by atoms with Crippen LogP contribution in [0.5, 0.6) is 0 Å². The van der Waals surface area contributed by atoms with Crippen molar-refractivity contribution in [3.8, 4) is 0 Å². The van der Waals surface area contributed by atoms with E-state index in [1.807, 2.05) is 30.3 Å². The Labute approximate surface area is 96.2 Å². The zero-order chi connectivity index (χ0) is 12.4. The van der Waals surface area contributed by atoms with Crippen LogP contribution >= 0.6 is 0 Å². The molecule has 1 aromatic rings. The number of nitrogens with one attached hydrogen (secondary N) is 1. The summed E-state index contributed by atoms with van der Waals surface area (Å²) in [5.41, 5.74) is 1.00. The normalized spacial score (nSPS) is 11.0. The van der Waals surface area contributed by atoms with Crippen LogP contribution in [0.2, 0.25) is 0 Å². The third-order valence-electron chi connectivity index (χ3n) is 2.01. The summed E-state index contributed by atoms with van der Waals surface area (Å²) in [5, 5.41) is 9.83. The molecule has 0 aliphatic carbocycles. The van der Waals surface area contributed by atoms with E-state index in [1.165, 1.54) is 0 Å². The van der Waals surface area contributed by atoms with Crippen molar-refractivity contribution in [2.45, 2.75) is 19.6 Å². The average Bonchev–Trinajstić information content (AvgIpc) is 2.38. The van der Waals surface area contributed by atoms with Gasteiger partial charge in [0.05, 0.1) is 0 Å². The minimum Gasteiger partial charge on any atom is -0.460 e. The lowest BCUT2D eigenvalue weighted by molar-refractivity contribution is -0.146. The van der Waals surface area contributed by atoms with E-state index in [0.29, 0.717) is 6.61 Å². The van der Waals surface area contributed by atoms with E-state index in [2.05, 4.69) is 5.32 Å². The molecule has 0 amide bonds. The Morgan fingerprint density at radius 2 is 1.94 bits per heavy atom. The molecule has 1 atom stereocenters. The molecule has 4 nitrogen and oxygen atoms in total. The Hall–Kier alpha value is -1.39. The van der Waals surface area contributed by atoms with Gasteiger partial charge in [0.25, 0.3) is 0 Å². The van der Waals surface area contributed by atoms with Gasteiger partial charge < -0.3 is 15.2 Å². The Morgan fingerprint density at radius 3 is 2.44 bits per heavy atom. The number of hydrogen-bond donors (Lipinski definition) is 2. The number of benzene rings is 1. The van der Waals surface area contributed by atoms with Gasteiger partial charge in [-0.15, -0.1) is 0 Å². The van der Waals surface area contributed by atoms with Gasteiger partial charge in [-0.3, -0.25) is 4.79 Å². The van der Waals surface area contributed by atoms with Crippen LogP contribution in [0.15, 0.2) is 30.3 Å². The molecule has 4 heteroatoms. The number of aliphatic hydroxyl groups excluding tert-OH is 1. The number of likely N-dealkylation sites (N-methyl/N-ethyl adjacent to an activating group) is 1. The first kappa shape index (κ1) is 14.6. The molecule has 0 spiro atoms. The first-order chi connectivity index (χ1) is 7.74. The molecule has 2 N–H and O–H groups in total. The molecular weight excluding hydrogens is 206 g/mol. The van der Waals surface area contributed by atoms with E-state index in [-0.39, 0.29) is 12.0 Å². The van der Waals surface area contributed by atoms with Crippen LogP contribution in [0, 0.1) is 0 Å². The van der Waals surface area contributed by atoms with Crippen LogP contribution < -0.4 is 5.32 Å². The highest BCUT2D eigenvalue weighted by Gasteiger charge is 2.10. The van der Waals surface area contributed by atoms with Crippen molar-refractivity contribution in [1.82, 2.24) is 5.32 Å². The van der Waals surface area contributed by atoms with Crippen molar-refractivity contribution < 1.29 is 14.6 Å². The van der Waals surface area contributed by atoms with Gasteiger partial charge in [-0.05, 0) is 19.5 Å². The molecule has 1 rings (SSSR count). The number of ether oxygens (including phenoxy) is 1. The molecule has 0 fully saturated rings. The summed E-state index contributed by atoms with van der Waals surface area (Å²) in [6.07, 6.45) is 0. The second-order valence-electron chi connectivity index (χ2n) is 3.10. The minimum atomic E-state index is -0.251. The van der Waals surface area contributed by atoms with E-state index in [4.69, 9.17) is 9.84 Å². The molecule has 0 saturated carbocycles. The topological polar surface area (TPSA) is 58.6 Å². The molecule has 0 bridgehead atoms. The predicted molar refractivity (Wildman–Crippen MR) is 62.9 cm³/mol. The number of aliphatic hydroxyl groups is 1. The van der Waals surface area contributed by atoms with E-state index >= 15 is 0 Å². The fourth-order valence-corrected chi connectivity index (χ4v) is 0.972. The minimum absolute atomic E-state index is 0.226. The zero-order valence-corrected chi connectivity index (χ0v) is 9.93. The highest BCUT2D eigenvalue weighted by atomic mass is 16.5. The molecule has 1 aromatic carbocycles. The summed E-state index contributed by atoms with van der Waals surface area (Å²) in [4.78, 5) is 11.3. The molecule has 0 saturated heterocycles. The molecule has 1 unspecified atom stereocenters. The molecule has 0 aliphatic rings. The summed E-state index contributed by atoms with van der Waals surface area (Å²) in [6, 6.07) is 9.38. The van der Waals surface area contributed by atoms with Gasteiger partial charge >= 0.3 is 5.97 Å². The Bertz CT molecular complexity index is 288. The van der Waals surface area contributed by atoms with Crippen LogP contribution in [0.3, 0.4) is 0 Å². The Morgan fingerprint density at radius 1 is 1.38 bits per heavy atom. The van der Waals surface area contributed by atoms with Crippen LogP contribution in [0.4, 0.5) is 0 Å². The number of carbonyl (C=O) groups excluding carboxylic acids is 1. The molecule has 90 valence electrons. The Balaban J connectivity index is 0.00000106. The largest absolute Gasteiger partial charge is 0.460 e. The molecule has 0 aliphatic heterocycles. The summed E-state index contributed by atoms with van der Waals surface area (Å²) in [6.45, 7) is 2.11. The van der Waals surface area contributed by atoms with Gasteiger partial charge in [0.2, 0.25) is 0 Å². The maximum atomic E-state index is 11.3. The van der Waals surface area contributed by atoms with Crippen molar-refractivity contribution >= 4 is 5.97 Å². The first-order valence-electron chi connectivity index (χ1n) is 5.06. The zero-order valence-electron chi connectivity index (χ0n) is 9.93. The molecule has 0 heterocycles. The molecule has 0 radical (unpaired) electrons. The lowest BCUT2D eigenvalue weighted by Gasteiger charge is -2.09. The summed E-state index contributed by atoms with van der Waals surface area (Å²) in [7, 11) is 2.73. The van der Waals surface area contributed by atoms with Gasteiger partial charge in [0.15, 0.2) is 0 Å². The van der Waals surface area contributed by atoms with Crippen LogP contribution in [-0.4, -0.2) is 31.3 Å². The van der Waals surface area contributed by atoms with E-state index in [1.54, 1.807) is 14.0 Å². The predicted octanol–water partition coefficient (Wildman–Crippen LogP) is 0.946. The number of rotatable bonds is 4. The molecule has 16 heavy (non-hydrogen) atoms. The van der Waals surface area contributed by atoms with Gasteiger partial charge in [-0.2, -0.15) is 0 Å². The summed E-state index contributed by atoms with van der Waals surface area (Å²) >= 11 is 0. The number of hydrogen-bond acceptors (Lipinski definition) is 4. The maximum Gasteiger partial charge on any atom is 0.323 e. The number of carbonyl (C=O) groups is 1. The smallest absolute Gasteiger partial charge is 0.323 e. The van der Waals surface area contributed by atoms with Crippen molar-refractivity contribution in [1.29, 1.82) is 0 Å². The standard InChI is InChI=1S/C11H15NO2.CH4O/c1-9(12-2)11(13)14-8-10-6-4-3-5-7-10;1-2/h3-7,9,12H,8H2,1-2H3;2H,1H3. The van der Waals surface area contributed by atoms with Crippen molar-refractivity contribution in [3.05, 3.63) is 35.9 Å².